The Morgan fingerprint density at radius 3 is 2.57 bits per heavy atom. The number of rotatable bonds is 7. The van der Waals surface area contributed by atoms with Gasteiger partial charge in [0.2, 0.25) is 0 Å². The summed E-state index contributed by atoms with van der Waals surface area (Å²) in [5, 5.41) is 7.72. The number of hydrogen-bond donors (Lipinski definition) is 1. The molecule has 0 amide bonds. The molecule has 142 valence electrons. The molecule has 0 aliphatic rings. The quantitative estimate of drug-likeness (QED) is 0.533. The average molecular weight is 375 g/mol. The predicted molar refractivity (Wildman–Crippen MR) is 108 cm³/mol. The minimum atomic E-state index is 0.565. The van der Waals surface area contributed by atoms with Crippen molar-refractivity contribution in [3.05, 3.63) is 66.5 Å². The highest BCUT2D eigenvalue weighted by molar-refractivity contribution is 5.65. The van der Waals surface area contributed by atoms with Gasteiger partial charge in [0.1, 0.15) is 12.1 Å². The molecule has 0 fully saturated rings. The lowest BCUT2D eigenvalue weighted by atomic mass is 10.1. The van der Waals surface area contributed by atoms with Crippen LogP contribution in [-0.2, 0) is 6.42 Å². The van der Waals surface area contributed by atoms with Gasteiger partial charge in [0, 0.05) is 18.2 Å². The van der Waals surface area contributed by atoms with Crippen molar-refractivity contribution in [2.75, 3.05) is 26.1 Å². The smallest absolute Gasteiger partial charge is 0.254 e. The molecule has 0 spiro atoms. The predicted octanol–water partition coefficient (Wildman–Crippen LogP) is 3.46. The minimum Gasteiger partial charge on any atom is -0.493 e. The molecule has 0 unspecified atom stereocenters. The molecule has 0 radical (unpaired) electrons. The fraction of sp³-hybridized carbons (Fsp3) is 0.190. The lowest BCUT2D eigenvalue weighted by Crippen LogP contribution is -2.10. The Labute approximate surface area is 163 Å². The van der Waals surface area contributed by atoms with Crippen LogP contribution in [0.5, 0.6) is 11.5 Å². The highest BCUT2D eigenvalue weighted by Gasteiger charge is 2.09. The molecule has 2 aromatic heterocycles. The Kier molecular flexibility index (Phi) is 5.05. The molecule has 2 aromatic carbocycles. The van der Waals surface area contributed by atoms with Crippen molar-refractivity contribution in [2.45, 2.75) is 6.42 Å². The van der Waals surface area contributed by atoms with Crippen molar-refractivity contribution in [2.24, 2.45) is 0 Å². The van der Waals surface area contributed by atoms with E-state index in [9.17, 15) is 0 Å². The minimum absolute atomic E-state index is 0.565. The van der Waals surface area contributed by atoms with Crippen LogP contribution in [0.4, 0.5) is 5.82 Å². The van der Waals surface area contributed by atoms with E-state index in [0.29, 0.717) is 5.78 Å². The fourth-order valence-corrected chi connectivity index (χ4v) is 3.07. The van der Waals surface area contributed by atoms with Gasteiger partial charge < -0.3 is 14.8 Å². The molecule has 2 heterocycles. The first-order chi connectivity index (χ1) is 13.8. The molecule has 0 atom stereocenters. The van der Waals surface area contributed by atoms with Crippen LogP contribution in [-0.4, -0.2) is 40.3 Å². The lowest BCUT2D eigenvalue weighted by Gasteiger charge is -2.12. The number of nitrogens with one attached hydrogen (secondary N) is 1. The largest absolute Gasteiger partial charge is 0.493 e. The van der Waals surface area contributed by atoms with Gasteiger partial charge in [-0.05, 0) is 24.1 Å². The van der Waals surface area contributed by atoms with Crippen LogP contribution in [0, 0.1) is 0 Å². The number of fused-ring (bicyclic) bond motifs is 1. The lowest BCUT2D eigenvalue weighted by molar-refractivity contribution is 0.354. The summed E-state index contributed by atoms with van der Waals surface area (Å²) in [5.74, 6) is 2.87. The Morgan fingerprint density at radius 1 is 0.964 bits per heavy atom. The molecule has 0 aliphatic heterocycles. The Hall–Kier alpha value is -3.61. The van der Waals surface area contributed by atoms with Crippen LogP contribution in [0.3, 0.4) is 0 Å². The zero-order valence-electron chi connectivity index (χ0n) is 15.8. The summed E-state index contributed by atoms with van der Waals surface area (Å²) in [6.07, 6.45) is 2.33. The third-order valence-corrected chi connectivity index (χ3v) is 4.49. The van der Waals surface area contributed by atoms with Crippen LogP contribution in [0.2, 0.25) is 0 Å². The van der Waals surface area contributed by atoms with Crippen molar-refractivity contribution < 1.29 is 9.47 Å². The van der Waals surface area contributed by atoms with E-state index in [1.54, 1.807) is 18.7 Å². The summed E-state index contributed by atoms with van der Waals surface area (Å²) in [4.78, 5) is 8.84. The summed E-state index contributed by atoms with van der Waals surface area (Å²) >= 11 is 0. The van der Waals surface area contributed by atoms with E-state index < -0.39 is 0 Å². The molecular formula is C21H21N5O2. The summed E-state index contributed by atoms with van der Waals surface area (Å²) in [7, 11) is 3.28. The first kappa shape index (κ1) is 17.8. The number of anilines is 1. The van der Waals surface area contributed by atoms with E-state index in [2.05, 4.69) is 20.4 Å². The molecule has 4 aromatic rings. The zero-order chi connectivity index (χ0) is 19.3. The van der Waals surface area contributed by atoms with Crippen molar-refractivity contribution in [1.29, 1.82) is 0 Å². The first-order valence-electron chi connectivity index (χ1n) is 8.99. The summed E-state index contributed by atoms with van der Waals surface area (Å²) in [5.41, 5.74) is 3.04. The van der Waals surface area contributed by atoms with Gasteiger partial charge >= 0.3 is 0 Å². The molecule has 0 aliphatic carbocycles. The van der Waals surface area contributed by atoms with Crippen molar-refractivity contribution >= 4 is 11.6 Å². The number of methoxy groups -OCH3 is 2. The zero-order valence-corrected chi connectivity index (χ0v) is 15.8. The van der Waals surface area contributed by atoms with Crippen molar-refractivity contribution in [3.63, 3.8) is 0 Å². The van der Waals surface area contributed by atoms with E-state index in [0.717, 1.165) is 47.1 Å². The van der Waals surface area contributed by atoms with Gasteiger partial charge in [0.15, 0.2) is 11.5 Å². The third-order valence-electron chi connectivity index (χ3n) is 4.49. The topological polar surface area (TPSA) is 73.6 Å². The van der Waals surface area contributed by atoms with Gasteiger partial charge in [-0.25, -0.2) is 4.98 Å². The summed E-state index contributed by atoms with van der Waals surface area (Å²) in [6, 6.07) is 18.0. The molecule has 7 heteroatoms. The monoisotopic (exact) mass is 375 g/mol. The maximum Gasteiger partial charge on any atom is 0.254 e. The van der Waals surface area contributed by atoms with E-state index >= 15 is 0 Å². The molecule has 7 nitrogen and oxygen atoms in total. The van der Waals surface area contributed by atoms with Crippen LogP contribution in [0.15, 0.2) is 60.9 Å². The molecule has 28 heavy (non-hydrogen) atoms. The number of aromatic nitrogens is 4. The van der Waals surface area contributed by atoms with Crippen LogP contribution in [0.1, 0.15) is 5.56 Å². The number of nitrogens with zero attached hydrogens (tertiary/aromatic N) is 4. The normalized spacial score (nSPS) is 10.8. The summed E-state index contributed by atoms with van der Waals surface area (Å²) < 4.78 is 12.4. The Morgan fingerprint density at radius 2 is 1.79 bits per heavy atom. The van der Waals surface area contributed by atoms with E-state index in [1.165, 1.54) is 6.33 Å². The van der Waals surface area contributed by atoms with Gasteiger partial charge in [-0.1, -0.05) is 36.4 Å². The number of hydrogen-bond acceptors (Lipinski definition) is 6. The SMILES string of the molecule is COc1ccc(CCNc2cc(-c3ccccc3)nc3ncnn23)cc1OC. The second-order valence-corrected chi connectivity index (χ2v) is 6.23. The van der Waals surface area contributed by atoms with Gasteiger partial charge in [0.25, 0.3) is 5.78 Å². The maximum absolute atomic E-state index is 5.38. The second kappa shape index (κ2) is 7.96. The van der Waals surface area contributed by atoms with Gasteiger partial charge in [0.05, 0.1) is 19.9 Å². The molecule has 0 saturated heterocycles. The highest BCUT2D eigenvalue weighted by atomic mass is 16.5. The maximum atomic E-state index is 5.38. The van der Waals surface area contributed by atoms with Crippen LogP contribution in [0.25, 0.3) is 17.0 Å². The molecule has 0 saturated carbocycles. The van der Waals surface area contributed by atoms with Gasteiger partial charge in [-0.3, -0.25) is 0 Å². The number of ether oxygens (including phenoxy) is 2. The van der Waals surface area contributed by atoms with Crippen molar-refractivity contribution in [3.8, 4) is 22.8 Å². The van der Waals surface area contributed by atoms with Crippen LogP contribution < -0.4 is 14.8 Å². The average Bonchev–Trinajstić information content (AvgIpc) is 3.23. The Balaban J connectivity index is 1.54. The molecule has 0 bridgehead atoms. The second-order valence-electron chi connectivity index (χ2n) is 6.23. The highest BCUT2D eigenvalue weighted by Crippen LogP contribution is 2.28. The molecular weight excluding hydrogens is 354 g/mol. The molecule has 1 N–H and O–H groups in total. The van der Waals surface area contributed by atoms with Gasteiger partial charge in [-0.2, -0.15) is 14.6 Å². The summed E-state index contributed by atoms with van der Waals surface area (Å²) in [6.45, 7) is 0.725. The third kappa shape index (κ3) is 3.59. The standard InChI is InChI=1S/C21H21N5O2/c1-27-18-9-8-15(12-19(18)28-2)10-11-22-20-13-17(16-6-4-3-5-7-16)25-21-23-14-24-26(20)21/h3-9,12-14,22H,10-11H2,1-2H3. The number of benzene rings is 2. The van der Waals surface area contributed by atoms with E-state index in [-0.39, 0.29) is 0 Å². The fourth-order valence-electron chi connectivity index (χ4n) is 3.07. The first-order valence-corrected chi connectivity index (χ1v) is 8.99. The Bertz CT molecular complexity index is 1080. The van der Waals surface area contributed by atoms with Crippen molar-refractivity contribution in [1.82, 2.24) is 19.6 Å². The van der Waals surface area contributed by atoms with E-state index in [1.807, 2.05) is 54.6 Å². The van der Waals surface area contributed by atoms with E-state index in [4.69, 9.17) is 9.47 Å². The molecule has 4 rings (SSSR count). The van der Waals surface area contributed by atoms with Crippen LogP contribution >= 0.6 is 0 Å². The van der Waals surface area contributed by atoms with Gasteiger partial charge in [-0.15, -0.1) is 0 Å².